The molecule has 0 aromatic heterocycles. The van der Waals surface area contributed by atoms with Crippen LogP contribution >= 0.6 is 0 Å². The number of aromatic hydroxyl groups is 1. The van der Waals surface area contributed by atoms with Crippen LogP contribution in [0.3, 0.4) is 0 Å². The standard InChI is InChI=1S/C18H22O4/c1-10(2)6-7-12-11(3)14(17(20)21)15(19)13-8-9-18(4,5)22-16(12)13/h6,8-9,19H,7H2,1-5H3,(H,20,21). The zero-order valence-electron chi connectivity index (χ0n) is 13.7. The molecule has 0 amide bonds. The molecule has 0 saturated heterocycles. The average Bonchev–Trinajstić information content (AvgIpc) is 2.36. The molecule has 2 N–H and O–H groups in total. The quantitative estimate of drug-likeness (QED) is 0.825. The first-order valence-corrected chi connectivity index (χ1v) is 7.27. The number of carboxylic acids is 1. The van der Waals surface area contributed by atoms with Gasteiger partial charge in [-0.3, -0.25) is 0 Å². The Bertz CT molecular complexity index is 690. The minimum absolute atomic E-state index is 0.0520. The summed E-state index contributed by atoms with van der Waals surface area (Å²) in [6.07, 6.45) is 6.16. The lowest BCUT2D eigenvalue weighted by Gasteiger charge is -2.31. The topological polar surface area (TPSA) is 66.8 Å². The Morgan fingerprint density at radius 1 is 1.36 bits per heavy atom. The SMILES string of the molecule is CC(C)=CCc1c(C)c(C(=O)O)c(O)c2c1OC(C)(C)C=C2. The highest BCUT2D eigenvalue weighted by Gasteiger charge is 2.30. The molecule has 22 heavy (non-hydrogen) atoms. The molecule has 0 bridgehead atoms. The van der Waals surface area contributed by atoms with Crippen LogP contribution in [-0.4, -0.2) is 21.8 Å². The van der Waals surface area contributed by atoms with Gasteiger partial charge in [0.15, 0.2) is 0 Å². The van der Waals surface area contributed by atoms with E-state index >= 15 is 0 Å². The third-order valence-electron chi connectivity index (χ3n) is 3.78. The smallest absolute Gasteiger partial charge is 0.339 e. The van der Waals surface area contributed by atoms with Crippen LogP contribution in [-0.2, 0) is 6.42 Å². The van der Waals surface area contributed by atoms with Gasteiger partial charge in [-0.2, -0.15) is 0 Å². The lowest BCUT2D eigenvalue weighted by Crippen LogP contribution is -2.28. The molecule has 0 radical (unpaired) electrons. The highest BCUT2D eigenvalue weighted by molar-refractivity contribution is 5.96. The van der Waals surface area contributed by atoms with E-state index in [1.807, 2.05) is 39.8 Å². The monoisotopic (exact) mass is 302 g/mol. The van der Waals surface area contributed by atoms with Gasteiger partial charge in [0, 0.05) is 5.56 Å². The van der Waals surface area contributed by atoms with Crippen LogP contribution in [0.25, 0.3) is 6.08 Å². The van der Waals surface area contributed by atoms with Crippen LogP contribution in [0.5, 0.6) is 11.5 Å². The number of rotatable bonds is 3. The number of phenols is 1. The summed E-state index contributed by atoms with van der Waals surface area (Å²) >= 11 is 0. The zero-order chi connectivity index (χ0) is 16.7. The second-order valence-corrected chi connectivity index (χ2v) is 6.40. The molecule has 0 spiro atoms. The molecular weight excluding hydrogens is 280 g/mol. The Hall–Kier alpha value is -2.23. The van der Waals surface area contributed by atoms with Crippen LogP contribution in [0.15, 0.2) is 17.7 Å². The molecule has 118 valence electrons. The van der Waals surface area contributed by atoms with Crippen molar-refractivity contribution >= 4 is 12.0 Å². The lowest BCUT2D eigenvalue weighted by atomic mass is 9.90. The van der Waals surface area contributed by atoms with Gasteiger partial charge in [0.1, 0.15) is 22.7 Å². The van der Waals surface area contributed by atoms with E-state index in [1.54, 1.807) is 13.0 Å². The zero-order valence-corrected chi connectivity index (χ0v) is 13.7. The van der Waals surface area contributed by atoms with E-state index in [4.69, 9.17) is 4.74 Å². The molecule has 0 atom stereocenters. The van der Waals surface area contributed by atoms with Gasteiger partial charge < -0.3 is 14.9 Å². The summed E-state index contributed by atoms with van der Waals surface area (Å²) in [5.41, 5.74) is 2.40. The van der Waals surface area contributed by atoms with Gasteiger partial charge in [-0.1, -0.05) is 11.6 Å². The summed E-state index contributed by atoms with van der Waals surface area (Å²) < 4.78 is 6.01. The molecule has 4 nitrogen and oxygen atoms in total. The third kappa shape index (κ3) is 2.86. The Morgan fingerprint density at radius 2 is 2.00 bits per heavy atom. The highest BCUT2D eigenvalue weighted by atomic mass is 16.5. The van der Waals surface area contributed by atoms with Crippen LogP contribution in [0.4, 0.5) is 0 Å². The second kappa shape index (κ2) is 5.52. The molecule has 1 aliphatic heterocycles. The lowest BCUT2D eigenvalue weighted by molar-refractivity contribution is 0.0692. The van der Waals surface area contributed by atoms with Crippen LogP contribution in [0.1, 0.15) is 54.7 Å². The predicted octanol–water partition coefficient (Wildman–Crippen LogP) is 4.09. The Morgan fingerprint density at radius 3 is 2.55 bits per heavy atom. The number of carbonyl (C=O) groups is 1. The van der Waals surface area contributed by atoms with E-state index in [-0.39, 0.29) is 11.3 Å². The molecule has 0 saturated carbocycles. The van der Waals surface area contributed by atoms with E-state index in [0.717, 1.165) is 11.1 Å². The number of hydrogen-bond acceptors (Lipinski definition) is 3. The van der Waals surface area contributed by atoms with Gasteiger partial charge in [0.05, 0.1) is 5.56 Å². The Kier molecular flexibility index (Phi) is 4.05. The van der Waals surface area contributed by atoms with Gasteiger partial charge in [0.2, 0.25) is 0 Å². The number of aromatic carboxylic acids is 1. The molecule has 1 aromatic rings. The van der Waals surface area contributed by atoms with E-state index in [9.17, 15) is 15.0 Å². The first kappa shape index (κ1) is 16.1. The minimum atomic E-state index is -1.13. The van der Waals surface area contributed by atoms with Gasteiger partial charge >= 0.3 is 5.97 Å². The number of benzene rings is 1. The largest absolute Gasteiger partial charge is 0.506 e. The predicted molar refractivity (Wildman–Crippen MR) is 86.7 cm³/mol. The fraction of sp³-hybridized carbons (Fsp3) is 0.389. The fourth-order valence-corrected chi connectivity index (χ4v) is 2.57. The molecular formula is C18H22O4. The summed E-state index contributed by atoms with van der Waals surface area (Å²) in [5, 5.41) is 19.7. The maximum atomic E-state index is 11.5. The van der Waals surface area contributed by atoms with E-state index in [0.29, 0.717) is 23.3 Å². The number of carboxylic acid groups (broad SMARTS) is 1. The normalized spacial score (nSPS) is 15.0. The molecule has 4 heteroatoms. The molecule has 1 heterocycles. The maximum Gasteiger partial charge on any atom is 0.339 e. The number of hydrogen-bond donors (Lipinski definition) is 2. The van der Waals surface area contributed by atoms with Crippen LogP contribution < -0.4 is 4.74 Å². The first-order valence-electron chi connectivity index (χ1n) is 7.27. The van der Waals surface area contributed by atoms with E-state index in [2.05, 4.69) is 0 Å². The van der Waals surface area contributed by atoms with Crippen molar-refractivity contribution < 1.29 is 19.7 Å². The van der Waals surface area contributed by atoms with Crippen molar-refractivity contribution in [3.05, 3.63) is 40.0 Å². The molecule has 0 aliphatic carbocycles. The summed E-state index contributed by atoms with van der Waals surface area (Å²) in [5.74, 6) is -0.785. The Labute approximate surface area is 130 Å². The molecule has 0 fully saturated rings. The van der Waals surface area contributed by atoms with Gasteiger partial charge in [-0.15, -0.1) is 0 Å². The van der Waals surface area contributed by atoms with Crippen LogP contribution in [0, 0.1) is 6.92 Å². The maximum absolute atomic E-state index is 11.5. The molecule has 1 aromatic carbocycles. The molecule has 0 unspecified atom stereocenters. The highest BCUT2D eigenvalue weighted by Crippen LogP contribution is 2.44. The number of ether oxygens (including phenoxy) is 1. The Balaban J connectivity index is 2.76. The van der Waals surface area contributed by atoms with Crippen molar-refractivity contribution in [1.82, 2.24) is 0 Å². The van der Waals surface area contributed by atoms with Gasteiger partial charge in [-0.05, 0) is 58.8 Å². The molecule has 1 aliphatic rings. The van der Waals surface area contributed by atoms with Crippen molar-refractivity contribution in [3.63, 3.8) is 0 Å². The van der Waals surface area contributed by atoms with Crippen LogP contribution in [0.2, 0.25) is 0 Å². The van der Waals surface area contributed by atoms with E-state index < -0.39 is 11.6 Å². The number of fused-ring (bicyclic) bond motifs is 1. The first-order chi connectivity index (χ1) is 10.1. The third-order valence-corrected chi connectivity index (χ3v) is 3.78. The van der Waals surface area contributed by atoms with E-state index in [1.165, 1.54) is 0 Å². The fourth-order valence-electron chi connectivity index (χ4n) is 2.57. The van der Waals surface area contributed by atoms with Crippen molar-refractivity contribution in [3.8, 4) is 11.5 Å². The second-order valence-electron chi connectivity index (χ2n) is 6.40. The van der Waals surface area contributed by atoms with Crippen molar-refractivity contribution in [2.75, 3.05) is 0 Å². The summed E-state index contributed by atoms with van der Waals surface area (Å²) in [7, 11) is 0. The number of allylic oxidation sites excluding steroid dienone is 2. The summed E-state index contributed by atoms with van der Waals surface area (Å²) in [6.45, 7) is 9.55. The van der Waals surface area contributed by atoms with Crippen molar-refractivity contribution in [2.24, 2.45) is 0 Å². The van der Waals surface area contributed by atoms with Gasteiger partial charge in [-0.25, -0.2) is 4.79 Å². The summed E-state index contributed by atoms with van der Waals surface area (Å²) in [4.78, 5) is 11.5. The molecule has 2 rings (SSSR count). The minimum Gasteiger partial charge on any atom is -0.506 e. The van der Waals surface area contributed by atoms with Gasteiger partial charge in [0.25, 0.3) is 0 Å². The van der Waals surface area contributed by atoms with Crippen molar-refractivity contribution in [1.29, 1.82) is 0 Å². The average molecular weight is 302 g/mol. The van der Waals surface area contributed by atoms with Crippen molar-refractivity contribution in [2.45, 2.75) is 46.6 Å². The summed E-state index contributed by atoms with van der Waals surface area (Å²) in [6, 6.07) is 0.